The molecule has 2 heteroatoms. The van der Waals surface area contributed by atoms with Crippen molar-refractivity contribution in [3.8, 4) is 6.07 Å². The molecule has 0 fully saturated rings. The van der Waals surface area contributed by atoms with E-state index in [1.807, 2.05) is 6.20 Å². The second-order valence-corrected chi connectivity index (χ2v) is 2.41. The standard InChI is InChI=1S/C9H16N2/c1-2-3-4-5-8-11-9-6-7-10/h5,8,11H,2-4,6,9H2,1H3/b8-5+. The van der Waals surface area contributed by atoms with E-state index < -0.39 is 0 Å². The van der Waals surface area contributed by atoms with Gasteiger partial charge in [0.15, 0.2) is 0 Å². The van der Waals surface area contributed by atoms with Crippen LogP contribution in [0.3, 0.4) is 0 Å². The largest absolute Gasteiger partial charge is 0.390 e. The summed E-state index contributed by atoms with van der Waals surface area (Å²) in [5, 5.41) is 11.2. The topological polar surface area (TPSA) is 35.8 Å². The molecule has 0 heterocycles. The van der Waals surface area contributed by atoms with Gasteiger partial charge in [0.1, 0.15) is 0 Å². The van der Waals surface area contributed by atoms with Gasteiger partial charge in [0.2, 0.25) is 0 Å². The zero-order valence-corrected chi connectivity index (χ0v) is 7.14. The second kappa shape index (κ2) is 9.03. The molecule has 0 bridgehead atoms. The van der Waals surface area contributed by atoms with E-state index in [1.165, 1.54) is 12.8 Å². The van der Waals surface area contributed by atoms with Gasteiger partial charge in [-0.15, -0.1) is 0 Å². The van der Waals surface area contributed by atoms with Gasteiger partial charge in [-0.3, -0.25) is 0 Å². The number of rotatable bonds is 6. The lowest BCUT2D eigenvalue weighted by Gasteiger charge is -1.93. The lowest BCUT2D eigenvalue weighted by molar-refractivity contribution is 0.800. The van der Waals surface area contributed by atoms with Crippen molar-refractivity contribution in [2.24, 2.45) is 0 Å². The summed E-state index contributed by atoms with van der Waals surface area (Å²) >= 11 is 0. The van der Waals surface area contributed by atoms with Crippen LogP contribution < -0.4 is 5.32 Å². The Hall–Kier alpha value is -0.970. The van der Waals surface area contributed by atoms with Crippen molar-refractivity contribution in [2.75, 3.05) is 6.54 Å². The maximum absolute atomic E-state index is 8.19. The van der Waals surface area contributed by atoms with Crippen molar-refractivity contribution < 1.29 is 0 Å². The van der Waals surface area contributed by atoms with Crippen LogP contribution in [-0.2, 0) is 0 Å². The maximum Gasteiger partial charge on any atom is 0.0640 e. The SMILES string of the molecule is CCCC/C=C/NCCC#N. The minimum Gasteiger partial charge on any atom is -0.390 e. The van der Waals surface area contributed by atoms with Crippen LogP contribution in [0.1, 0.15) is 32.6 Å². The highest BCUT2D eigenvalue weighted by Crippen LogP contribution is 1.93. The van der Waals surface area contributed by atoms with E-state index in [4.69, 9.17) is 5.26 Å². The highest BCUT2D eigenvalue weighted by Gasteiger charge is 1.78. The normalized spacial score (nSPS) is 9.82. The van der Waals surface area contributed by atoms with Crippen molar-refractivity contribution in [3.63, 3.8) is 0 Å². The first-order valence-electron chi connectivity index (χ1n) is 4.17. The van der Waals surface area contributed by atoms with E-state index in [0.29, 0.717) is 6.42 Å². The molecule has 2 nitrogen and oxygen atoms in total. The van der Waals surface area contributed by atoms with Crippen LogP contribution >= 0.6 is 0 Å². The molecule has 0 spiro atoms. The Balaban J connectivity index is 2.98. The molecule has 11 heavy (non-hydrogen) atoms. The van der Waals surface area contributed by atoms with Crippen LogP contribution in [-0.4, -0.2) is 6.54 Å². The number of hydrogen-bond donors (Lipinski definition) is 1. The van der Waals surface area contributed by atoms with Crippen molar-refractivity contribution in [1.29, 1.82) is 5.26 Å². The van der Waals surface area contributed by atoms with E-state index >= 15 is 0 Å². The number of hydrogen-bond acceptors (Lipinski definition) is 2. The number of nitrogens with one attached hydrogen (secondary N) is 1. The summed E-state index contributed by atoms with van der Waals surface area (Å²) < 4.78 is 0. The van der Waals surface area contributed by atoms with Crippen LogP contribution in [0.5, 0.6) is 0 Å². The Labute approximate surface area is 68.9 Å². The predicted molar refractivity (Wildman–Crippen MR) is 46.9 cm³/mol. The molecule has 0 saturated heterocycles. The van der Waals surface area contributed by atoms with Crippen molar-refractivity contribution >= 4 is 0 Å². The highest BCUT2D eigenvalue weighted by atomic mass is 14.8. The van der Waals surface area contributed by atoms with Gasteiger partial charge in [-0.25, -0.2) is 0 Å². The van der Waals surface area contributed by atoms with E-state index in [9.17, 15) is 0 Å². The molecule has 0 aromatic rings. The third-order valence-corrected chi connectivity index (χ3v) is 1.34. The molecule has 0 aromatic carbocycles. The molecule has 0 amide bonds. The number of nitrogens with zero attached hydrogens (tertiary/aromatic N) is 1. The molecular weight excluding hydrogens is 136 g/mol. The first-order valence-corrected chi connectivity index (χ1v) is 4.17. The van der Waals surface area contributed by atoms with E-state index in [-0.39, 0.29) is 0 Å². The third-order valence-electron chi connectivity index (χ3n) is 1.34. The van der Waals surface area contributed by atoms with Gasteiger partial charge >= 0.3 is 0 Å². The Morgan fingerprint density at radius 3 is 3.00 bits per heavy atom. The lowest BCUT2D eigenvalue weighted by atomic mass is 10.2. The second-order valence-electron chi connectivity index (χ2n) is 2.41. The summed E-state index contributed by atoms with van der Waals surface area (Å²) in [6, 6.07) is 2.07. The van der Waals surface area contributed by atoms with Gasteiger partial charge in [0, 0.05) is 6.54 Å². The number of unbranched alkanes of at least 4 members (excludes halogenated alkanes) is 2. The fourth-order valence-corrected chi connectivity index (χ4v) is 0.700. The van der Waals surface area contributed by atoms with E-state index in [1.54, 1.807) is 0 Å². The molecule has 0 aliphatic rings. The Morgan fingerprint density at radius 2 is 2.36 bits per heavy atom. The minimum absolute atomic E-state index is 0.581. The van der Waals surface area contributed by atoms with Crippen molar-refractivity contribution in [3.05, 3.63) is 12.3 Å². The van der Waals surface area contributed by atoms with Gasteiger partial charge in [-0.2, -0.15) is 5.26 Å². The zero-order chi connectivity index (χ0) is 8.36. The van der Waals surface area contributed by atoms with Gasteiger partial charge in [-0.1, -0.05) is 25.8 Å². The first-order chi connectivity index (χ1) is 5.41. The molecule has 0 saturated carbocycles. The molecule has 0 rings (SSSR count). The first kappa shape index (κ1) is 10.0. The summed E-state index contributed by atoms with van der Waals surface area (Å²) in [5.41, 5.74) is 0. The van der Waals surface area contributed by atoms with Crippen LogP contribution in [0.2, 0.25) is 0 Å². The average Bonchev–Trinajstić information content (AvgIpc) is 2.03. The molecule has 0 atom stereocenters. The zero-order valence-electron chi connectivity index (χ0n) is 7.14. The summed E-state index contributed by atoms with van der Waals surface area (Å²) in [5.74, 6) is 0. The third kappa shape index (κ3) is 9.03. The summed E-state index contributed by atoms with van der Waals surface area (Å²) in [6.45, 7) is 2.94. The lowest BCUT2D eigenvalue weighted by Crippen LogP contribution is -2.05. The van der Waals surface area contributed by atoms with Crippen LogP contribution in [0.25, 0.3) is 0 Å². The van der Waals surface area contributed by atoms with Gasteiger partial charge in [0.05, 0.1) is 12.5 Å². The van der Waals surface area contributed by atoms with Gasteiger partial charge < -0.3 is 5.32 Å². The number of nitriles is 1. The quantitative estimate of drug-likeness (QED) is 0.592. The fraction of sp³-hybridized carbons (Fsp3) is 0.667. The Kier molecular flexibility index (Phi) is 8.23. The van der Waals surface area contributed by atoms with Gasteiger partial charge in [-0.05, 0) is 12.6 Å². The molecule has 0 aromatic heterocycles. The fourth-order valence-electron chi connectivity index (χ4n) is 0.700. The van der Waals surface area contributed by atoms with Crippen LogP contribution in [0, 0.1) is 11.3 Å². The van der Waals surface area contributed by atoms with E-state index in [2.05, 4.69) is 24.4 Å². The smallest absolute Gasteiger partial charge is 0.0640 e. The summed E-state index contributed by atoms with van der Waals surface area (Å²) in [6.07, 6.45) is 8.25. The predicted octanol–water partition coefficient (Wildman–Crippen LogP) is 2.19. The Morgan fingerprint density at radius 1 is 1.55 bits per heavy atom. The van der Waals surface area contributed by atoms with Crippen LogP contribution in [0.4, 0.5) is 0 Å². The number of allylic oxidation sites excluding steroid dienone is 1. The monoisotopic (exact) mass is 152 g/mol. The average molecular weight is 152 g/mol. The van der Waals surface area contributed by atoms with Crippen LogP contribution in [0.15, 0.2) is 12.3 Å². The summed E-state index contributed by atoms with van der Waals surface area (Å²) in [4.78, 5) is 0. The Bertz CT molecular complexity index is 133. The molecular formula is C9H16N2. The molecule has 0 aliphatic heterocycles. The van der Waals surface area contributed by atoms with Gasteiger partial charge in [0.25, 0.3) is 0 Å². The van der Waals surface area contributed by atoms with E-state index in [0.717, 1.165) is 13.0 Å². The molecule has 1 N–H and O–H groups in total. The van der Waals surface area contributed by atoms with Crippen molar-refractivity contribution in [1.82, 2.24) is 5.32 Å². The highest BCUT2D eigenvalue weighted by molar-refractivity contribution is 4.81. The molecule has 0 aliphatic carbocycles. The van der Waals surface area contributed by atoms with Crippen molar-refractivity contribution in [2.45, 2.75) is 32.6 Å². The molecule has 0 unspecified atom stereocenters. The minimum atomic E-state index is 0.581. The molecule has 0 radical (unpaired) electrons. The summed E-state index contributed by atoms with van der Waals surface area (Å²) in [7, 11) is 0. The molecule has 62 valence electrons. The maximum atomic E-state index is 8.19.